The smallest absolute Gasteiger partial charge is 0.326 e. The maximum absolute atomic E-state index is 13.3. The molecule has 0 aliphatic carbocycles. The number of nitrogens with one attached hydrogen (secondary N) is 1. The molecule has 0 aliphatic heterocycles. The van der Waals surface area contributed by atoms with Crippen LogP contribution in [0.5, 0.6) is 0 Å². The molecule has 0 saturated carbocycles. The second-order valence-electron chi connectivity index (χ2n) is 8.65. The van der Waals surface area contributed by atoms with E-state index in [1.807, 2.05) is 104 Å². The first-order valence-corrected chi connectivity index (χ1v) is 13.1. The van der Waals surface area contributed by atoms with Crippen molar-refractivity contribution < 1.29 is 14.7 Å². The first-order valence-electron chi connectivity index (χ1n) is 12.3. The summed E-state index contributed by atoms with van der Waals surface area (Å²) in [6.45, 7) is 2.41. The van der Waals surface area contributed by atoms with Crippen molar-refractivity contribution in [2.45, 2.75) is 35.5 Å². The standard InChI is InChI=1S/C31H30N2O3S/c1-2-29(30(34)35)24-16-18-27(19-17-24)37-28-15-9-14-26(22-28)33(21-20-23-10-5-3-6-11-23)31(36)32-25-12-7-4-8-13-25/h3-19,22,29H,2,20-21H2,1H3,(H,32,36)(H,34,35). The van der Waals surface area contributed by atoms with Gasteiger partial charge in [0.25, 0.3) is 0 Å². The highest BCUT2D eigenvalue weighted by molar-refractivity contribution is 7.99. The zero-order valence-electron chi connectivity index (χ0n) is 20.7. The van der Waals surface area contributed by atoms with Gasteiger partial charge in [-0.15, -0.1) is 0 Å². The van der Waals surface area contributed by atoms with Crippen LogP contribution in [0.25, 0.3) is 0 Å². The number of carboxylic acids is 1. The molecule has 2 amide bonds. The molecule has 0 aromatic heterocycles. The summed E-state index contributed by atoms with van der Waals surface area (Å²) in [6, 6.07) is 35.0. The number of amides is 2. The number of carbonyl (C=O) groups is 2. The molecule has 0 radical (unpaired) electrons. The Labute approximate surface area is 222 Å². The highest BCUT2D eigenvalue weighted by Gasteiger charge is 2.18. The molecule has 0 fully saturated rings. The van der Waals surface area contributed by atoms with Gasteiger partial charge in [-0.2, -0.15) is 0 Å². The molecular formula is C31H30N2O3S. The number of urea groups is 1. The zero-order valence-corrected chi connectivity index (χ0v) is 21.5. The first kappa shape index (κ1) is 26.0. The molecule has 4 aromatic rings. The van der Waals surface area contributed by atoms with E-state index in [0.29, 0.717) is 13.0 Å². The number of nitrogens with zero attached hydrogens (tertiary/aromatic N) is 1. The maximum Gasteiger partial charge on any atom is 0.326 e. The molecule has 37 heavy (non-hydrogen) atoms. The van der Waals surface area contributed by atoms with E-state index in [1.54, 1.807) is 16.7 Å². The lowest BCUT2D eigenvalue weighted by molar-refractivity contribution is -0.138. The minimum absolute atomic E-state index is 0.187. The Hall–Kier alpha value is -4.03. The third kappa shape index (κ3) is 7.24. The average Bonchev–Trinajstić information content (AvgIpc) is 2.91. The number of carbonyl (C=O) groups excluding carboxylic acids is 1. The van der Waals surface area contributed by atoms with Gasteiger partial charge in [-0.3, -0.25) is 9.69 Å². The molecule has 4 aromatic carbocycles. The molecule has 1 atom stereocenters. The lowest BCUT2D eigenvalue weighted by Gasteiger charge is -2.24. The molecule has 0 aliphatic rings. The van der Waals surface area contributed by atoms with Crippen molar-refractivity contribution in [1.82, 2.24) is 0 Å². The van der Waals surface area contributed by atoms with E-state index < -0.39 is 11.9 Å². The first-order chi connectivity index (χ1) is 18.0. The number of rotatable bonds is 10. The predicted molar refractivity (Wildman–Crippen MR) is 151 cm³/mol. The van der Waals surface area contributed by atoms with Crippen molar-refractivity contribution in [1.29, 1.82) is 0 Å². The highest BCUT2D eigenvalue weighted by atomic mass is 32.2. The van der Waals surface area contributed by atoms with Gasteiger partial charge < -0.3 is 10.4 Å². The third-order valence-corrected chi connectivity index (χ3v) is 7.09. The van der Waals surface area contributed by atoms with Gasteiger partial charge in [-0.1, -0.05) is 85.4 Å². The van der Waals surface area contributed by atoms with Crippen LogP contribution in [-0.4, -0.2) is 23.7 Å². The SMILES string of the molecule is CCC(C(=O)O)c1ccc(Sc2cccc(N(CCc3ccccc3)C(=O)Nc3ccccc3)c2)cc1. The minimum Gasteiger partial charge on any atom is -0.481 e. The molecule has 0 bridgehead atoms. The Bertz CT molecular complexity index is 1310. The van der Waals surface area contributed by atoms with Gasteiger partial charge in [0.2, 0.25) is 0 Å². The summed E-state index contributed by atoms with van der Waals surface area (Å²) < 4.78 is 0. The number of hydrogen-bond donors (Lipinski definition) is 2. The normalized spacial score (nSPS) is 11.5. The van der Waals surface area contributed by atoms with Crippen molar-refractivity contribution in [3.63, 3.8) is 0 Å². The predicted octanol–water partition coefficient (Wildman–Crippen LogP) is 7.70. The Balaban J connectivity index is 1.53. The average molecular weight is 511 g/mol. The van der Waals surface area contributed by atoms with E-state index in [4.69, 9.17) is 0 Å². The molecule has 188 valence electrons. The summed E-state index contributed by atoms with van der Waals surface area (Å²) in [6.07, 6.45) is 1.28. The van der Waals surface area contributed by atoms with Crippen LogP contribution in [0, 0.1) is 0 Å². The monoisotopic (exact) mass is 510 g/mol. The van der Waals surface area contributed by atoms with Crippen LogP contribution in [0.15, 0.2) is 119 Å². The van der Waals surface area contributed by atoms with Gasteiger partial charge in [-0.25, -0.2) is 4.79 Å². The van der Waals surface area contributed by atoms with E-state index in [2.05, 4.69) is 17.4 Å². The number of anilines is 2. The second kappa shape index (κ2) is 12.8. The van der Waals surface area contributed by atoms with E-state index in [1.165, 1.54) is 0 Å². The Kier molecular flexibility index (Phi) is 9.00. The van der Waals surface area contributed by atoms with Crippen molar-refractivity contribution in [2.24, 2.45) is 0 Å². The molecule has 0 heterocycles. The summed E-state index contributed by atoms with van der Waals surface area (Å²) >= 11 is 1.58. The molecule has 0 saturated heterocycles. The minimum atomic E-state index is -0.806. The Morgan fingerprint density at radius 2 is 1.51 bits per heavy atom. The van der Waals surface area contributed by atoms with Crippen LogP contribution in [0.3, 0.4) is 0 Å². The zero-order chi connectivity index (χ0) is 26.0. The van der Waals surface area contributed by atoms with Crippen molar-refractivity contribution in [3.8, 4) is 0 Å². The fraction of sp³-hybridized carbons (Fsp3) is 0.161. The van der Waals surface area contributed by atoms with Crippen LogP contribution in [0.2, 0.25) is 0 Å². The van der Waals surface area contributed by atoms with Crippen LogP contribution < -0.4 is 10.2 Å². The number of benzene rings is 4. The quantitative estimate of drug-likeness (QED) is 0.229. The summed E-state index contributed by atoms with van der Waals surface area (Å²) in [4.78, 5) is 28.6. The molecule has 2 N–H and O–H groups in total. The maximum atomic E-state index is 13.3. The van der Waals surface area contributed by atoms with Crippen molar-refractivity contribution in [3.05, 3.63) is 120 Å². The van der Waals surface area contributed by atoms with Gasteiger partial charge >= 0.3 is 12.0 Å². The lowest BCUT2D eigenvalue weighted by atomic mass is 9.97. The van der Waals surface area contributed by atoms with E-state index >= 15 is 0 Å². The Morgan fingerprint density at radius 3 is 2.16 bits per heavy atom. The van der Waals surface area contributed by atoms with E-state index in [9.17, 15) is 14.7 Å². The highest BCUT2D eigenvalue weighted by Crippen LogP contribution is 2.32. The number of aliphatic carboxylic acids is 1. The fourth-order valence-electron chi connectivity index (χ4n) is 4.12. The largest absolute Gasteiger partial charge is 0.481 e. The van der Waals surface area contributed by atoms with Crippen LogP contribution in [-0.2, 0) is 11.2 Å². The van der Waals surface area contributed by atoms with Crippen molar-refractivity contribution >= 4 is 35.1 Å². The Morgan fingerprint density at radius 1 is 0.838 bits per heavy atom. The summed E-state index contributed by atoms with van der Waals surface area (Å²) in [5.74, 6) is -1.30. The van der Waals surface area contributed by atoms with E-state index in [-0.39, 0.29) is 6.03 Å². The molecule has 5 nitrogen and oxygen atoms in total. The van der Waals surface area contributed by atoms with Gasteiger partial charge in [0, 0.05) is 27.7 Å². The summed E-state index contributed by atoms with van der Waals surface area (Å²) in [5.41, 5.74) is 3.52. The van der Waals surface area contributed by atoms with Crippen LogP contribution in [0.4, 0.5) is 16.2 Å². The van der Waals surface area contributed by atoms with Crippen LogP contribution in [0.1, 0.15) is 30.4 Å². The topological polar surface area (TPSA) is 69.6 Å². The van der Waals surface area contributed by atoms with Gasteiger partial charge in [0.1, 0.15) is 0 Å². The second-order valence-corrected chi connectivity index (χ2v) is 9.80. The fourth-order valence-corrected chi connectivity index (χ4v) is 4.99. The van der Waals surface area contributed by atoms with Crippen molar-refractivity contribution in [2.75, 3.05) is 16.8 Å². The van der Waals surface area contributed by atoms with E-state index in [0.717, 1.165) is 38.7 Å². The van der Waals surface area contributed by atoms with Gasteiger partial charge in [0.05, 0.1) is 5.92 Å². The molecule has 1 unspecified atom stereocenters. The summed E-state index contributed by atoms with van der Waals surface area (Å²) in [5, 5.41) is 12.4. The number of carboxylic acid groups (broad SMARTS) is 1. The number of hydrogen-bond acceptors (Lipinski definition) is 3. The number of para-hydroxylation sites is 1. The van der Waals surface area contributed by atoms with Gasteiger partial charge in [-0.05, 0) is 66.4 Å². The molecule has 0 spiro atoms. The summed E-state index contributed by atoms with van der Waals surface area (Å²) in [7, 11) is 0. The van der Waals surface area contributed by atoms with Gasteiger partial charge in [0.15, 0.2) is 0 Å². The third-order valence-electron chi connectivity index (χ3n) is 6.09. The molecule has 6 heteroatoms. The molecular weight excluding hydrogens is 480 g/mol. The van der Waals surface area contributed by atoms with Crippen LogP contribution >= 0.6 is 11.8 Å². The molecule has 4 rings (SSSR count). The lowest BCUT2D eigenvalue weighted by Crippen LogP contribution is -2.36.